The van der Waals surface area contributed by atoms with Crippen LogP contribution in [-0.2, 0) is 20.9 Å². The Morgan fingerprint density at radius 2 is 1.97 bits per heavy atom. The molecule has 4 rings (SSSR count). The number of amidine groups is 1. The number of rotatable bonds is 7. The minimum Gasteiger partial charge on any atom is -0.466 e. The van der Waals surface area contributed by atoms with Crippen LogP contribution in [0.2, 0.25) is 0 Å². The maximum Gasteiger partial charge on any atom is 0.338 e. The number of nitrogens with zero attached hydrogens (tertiary/aromatic N) is 3. The molecule has 0 fully saturated rings. The van der Waals surface area contributed by atoms with Crippen LogP contribution in [0.4, 0.5) is 5.69 Å². The van der Waals surface area contributed by atoms with Crippen molar-refractivity contribution in [1.82, 2.24) is 10.2 Å². The number of allylic oxidation sites excluding steroid dienone is 1. The summed E-state index contributed by atoms with van der Waals surface area (Å²) in [6, 6.07) is 15.0. The van der Waals surface area contributed by atoms with E-state index in [2.05, 4.69) is 10.3 Å². The number of nitro groups is 1. The fraction of sp³-hybridized carbons (Fsp3) is 0.208. The minimum absolute atomic E-state index is 0.0534. The second-order valence-electron chi connectivity index (χ2n) is 7.68. The lowest BCUT2D eigenvalue weighted by molar-refractivity contribution is -0.384. The lowest BCUT2D eigenvalue weighted by atomic mass is 9.93. The SMILES string of the molecule is COC(=O)C1=C(C)N=C2SC=C(CC(=O)NCc3ccccc3)N2C1c1cccc([N+](=O)[O-])c1. The number of nitro benzene ring substituents is 1. The van der Waals surface area contributed by atoms with Gasteiger partial charge in [0.25, 0.3) is 5.69 Å². The average molecular weight is 479 g/mol. The number of non-ortho nitro benzene ring substituents is 1. The Labute approximate surface area is 200 Å². The number of fused-ring (bicyclic) bond motifs is 1. The highest BCUT2D eigenvalue weighted by molar-refractivity contribution is 8.16. The molecule has 174 valence electrons. The van der Waals surface area contributed by atoms with Crippen molar-refractivity contribution in [3.63, 3.8) is 0 Å². The van der Waals surface area contributed by atoms with Crippen molar-refractivity contribution in [3.8, 4) is 0 Å². The van der Waals surface area contributed by atoms with Gasteiger partial charge in [0.2, 0.25) is 5.91 Å². The Bertz CT molecular complexity index is 1240. The van der Waals surface area contributed by atoms with E-state index in [0.29, 0.717) is 28.7 Å². The summed E-state index contributed by atoms with van der Waals surface area (Å²) < 4.78 is 5.01. The number of benzene rings is 2. The molecule has 0 saturated carbocycles. The van der Waals surface area contributed by atoms with Gasteiger partial charge in [-0.2, -0.15) is 0 Å². The zero-order valence-electron chi connectivity index (χ0n) is 18.6. The number of thioether (sulfide) groups is 1. The van der Waals surface area contributed by atoms with Gasteiger partial charge in [-0.3, -0.25) is 14.9 Å². The molecule has 0 spiro atoms. The number of nitrogens with one attached hydrogen (secondary N) is 1. The second kappa shape index (κ2) is 9.92. The van der Waals surface area contributed by atoms with Crippen molar-refractivity contribution in [2.45, 2.75) is 25.9 Å². The molecule has 0 aliphatic carbocycles. The number of methoxy groups -OCH3 is 1. The van der Waals surface area contributed by atoms with E-state index in [4.69, 9.17) is 4.74 Å². The van der Waals surface area contributed by atoms with Gasteiger partial charge in [-0.15, -0.1) is 0 Å². The molecule has 9 nitrogen and oxygen atoms in total. The van der Waals surface area contributed by atoms with Crippen molar-refractivity contribution in [2.24, 2.45) is 4.99 Å². The van der Waals surface area contributed by atoms with Crippen LogP contribution in [0, 0.1) is 10.1 Å². The standard InChI is InChI=1S/C24H22N4O5S/c1-15-21(23(30)33-2)22(17-9-6-10-18(11-17)28(31)32)27-19(14-34-24(27)26-15)12-20(29)25-13-16-7-4-3-5-8-16/h3-11,14,22H,12-13H2,1-2H3,(H,25,29). The van der Waals surface area contributed by atoms with Crippen molar-refractivity contribution in [3.05, 3.63) is 98.2 Å². The van der Waals surface area contributed by atoms with Gasteiger partial charge >= 0.3 is 5.97 Å². The van der Waals surface area contributed by atoms with Gasteiger partial charge in [0.1, 0.15) is 0 Å². The molecule has 0 aromatic heterocycles. The molecule has 34 heavy (non-hydrogen) atoms. The van der Waals surface area contributed by atoms with E-state index in [-0.39, 0.29) is 23.6 Å². The van der Waals surface area contributed by atoms with Crippen LogP contribution >= 0.6 is 11.8 Å². The predicted octanol–water partition coefficient (Wildman–Crippen LogP) is 4.05. The molecule has 10 heteroatoms. The van der Waals surface area contributed by atoms with E-state index in [9.17, 15) is 19.7 Å². The monoisotopic (exact) mass is 478 g/mol. The Balaban J connectivity index is 1.64. The molecule has 1 amide bonds. The van der Waals surface area contributed by atoms with Crippen molar-refractivity contribution in [2.75, 3.05) is 7.11 Å². The Hall–Kier alpha value is -3.92. The first-order valence-corrected chi connectivity index (χ1v) is 11.3. The predicted molar refractivity (Wildman–Crippen MR) is 128 cm³/mol. The Kier molecular flexibility index (Phi) is 6.78. The molecule has 1 unspecified atom stereocenters. The van der Waals surface area contributed by atoms with Crippen LogP contribution in [0.15, 0.2) is 82.0 Å². The molecule has 2 aromatic rings. The van der Waals surface area contributed by atoms with E-state index in [1.165, 1.54) is 31.0 Å². The topological polar surface area (TPSA) is 114 Å². The number of carbonyl (C=O) groups excluding carboxylic acids is 2. The minimum atomic E-state index is -0.719. The molecule has 0 saturated heterocycles. The zero-order chi connectivity index (χ0) is 24.2. The van der Waals surface area contributed by atoms with Crippen LogP contribution in [0.5, 0.6) is 0 Å². The molecular formula is C24H22N4O5S. The van der Waals surface area contributed by atoms with E-state index in [1.54, 1.807) is 24.0 Å². The quantitative estimate of drug-likeness (QED) is 0.363. The third-order valence-electron chi connectivity index (χ3n) is 5.48. The van der Waals surface area contributed by atoms with E-state index in [1.807, 2.05) is 35.7 Å². The van der Waals surface area contributed by atoms with Gasteiger partial charge in [-0.05, 0) is 23.5 Å². The highest BCUT2D eigenvalue weighted by Gasteiger charge is 2.41. The molecule has 0 radical (unpaired) electrons. The Morgan fingerprint density at radius 1 is 1.21 bits per heavy atom. The van der Waals surface area contributed by atoms with Crippen LogP contribution < -0.4 is 5.32 Å². The summed E-state index contributed by atoms with van der Waals surface area (Å²) >= 11 is 1.34. The molecule has 2 aliphatic rings. The molecule has 1 atom stereocenters. The van der Waals surface area contributed by atoms with Crippen LogP contribution in [0.3, 0.4) is 0 Å². The zero-order valence-corrected chi connectivity index (χ0v) is 19.4. The van der Waals surface area contributed by atoms with Crippen LogP contribution in [0.1, 0.15) is 30.5 Å². The first-order chi connectivity index (χ1) is 16.4. The third kappa shape index (κ3) is 4.72. The van der Waals surface area contributed by atoms with E-state index >= 15 is 0 Å². The van der Waals surface area contributed by atoms with Gasteiger partial charge in [0.05, 0.1) is 35.8 Å². The third-order valence-corrected chi connectivity index (χ3v) is 6.37. The first kappa shape index (κ1) is 23.2. The Morgan fingerprint density at radius 3 is 2.68 bits per heavy atom. The summed E-state index contributed by atoms with van der Waals surface area (Å²) in [7, 11) is 1.28. The summed E-state index contributed by atoms with van der Waals surface area (Å²) in [4.78, 5) is 42.7. The van der Waals surface area contributed by atoms with Crippen LogP contribution in [0.25, 0.3) is 0 Å². The second-order valence-corrected chi connectivity index (χ2v) is 8.51. The molecule has 0 bridgehead atoms. The highest BCUT2D eigenvalue weighted by Crippen LogP contribution is 2.45. The normalized spacial score (nSPS) is 17.0. The van der Waals surface area contributed by atoms with Crippen molar-refractivity contribution >= 4 is 34.5 Å². The highest BCUT2D eigenvalue weighted by atomic mass is 32.2. The molecule has 2 aliphatic heterocycles. The smallest absolute Gasteiger partial charge is 0.338 e. The summed E-state index contributed by atoms with van der Waals surface area (Å²) in [5.41, 5.74) is 2.78. The van der Waals surface area contributed by atoms with Crippen LogP contribution in [-0.4, -0.2) is 34.0 Å². The van der Waals surface area contributed by atoms with E-state index in [0.717, 1.165) is 5.56 Å². The van der Waals surface area contributed by atoms with Crippen molar-refractivity contribution < 1.29 is 19.2 Å². The lowest BCUT2D eigenvalue weighted by Crippen LogP contribution is -2.37. The first-order valence-electron chi connectivity index (χ1n) is 10.5. The summed E-state index contributed by atoms with van der Waals surface area (Å²) in [5.74, 6) is -0.776. The van der Waals surface area contributed by atoms with Gasteiger partial charge in [0.15, 0.2) is 5.17 Å². The molecule has 1 N–H and O–H groups in total. The number of hydrogen-bond donors (Lipinski definition) is 1. The summed E-state index contributed by atoms with van der Waals surface area (Å²) in [5, 5.41) is 16.7. The van der Waals surface area contributed by atoms with Gasteiger partial charge in [-0.1, -0.05) is 54.2 Å². The molecule has 2 heterocycles. The fourth-order valence-corrected chi connectivity index (χ4v) is 4.85. The van der Waals surface area contributed by atoms with Gasteiger partial charge in [-0.25, -0.2) is 9.79 Å². The summed E-state index contributed by atoms with van der Waals surface area (Å²) in [6.45, 7) is 2.09. The lowest BCUT2D eigenvalue weighted by Gasteiger charge is -2.36. The fourth-order valence-electron chi connectivity index (χ4n) is 3.89. The van der Waals surface area contributed by atoms with Gasteiger partial charge in [0, 0.05) is 24.4 Å². The largest absolute Gasteiger partial charge is 0.466 e. The number of ether oxygens (including phenoxy) is 1. The molecule has 2 aromatic carbocycles. The van der Waals surface area contributed by atoms with Gasteiger partial charge < -0.3 is 15.0 Å². The van der Waals surface area contributed by atoms with E-state index < -0.39 is 16.9 Å². The number of esters is 1. The molecular weight excluding hydrogens is 456 g/mol. The number of amides is 1. The number of aliphatic imine (C=N–C) groups is 1. The van der Waals surface area contributed by atoms with Crippen molar-refractivity contribution in [1.29, 1.82) is 0 Å². The maximum atomic E-state index is 12.7. The number of hydrogen-bond acceptors (Lipinski definition) is 8. The number of carbonyl (C=O) groups is 2. The summed E-state index contributed by atoms with van der Waals surface area (Å²) in [6.07, 6.45) is 0.0534. The maximum absolute atomic E-state index is 12.7. The average Bonchev–Trinajstić information content (AvgIpc) is 3.23.